The molecule has 1 N–H and O–H groups in total. The van der Waals surface area contributed by atoms with Crippen molar-refractivity contribution >= 4 is 5.69 Å². The second-order valence-electron chi connectivity index (χ2n) is 6.31. The van der Waals surface area contributed by atoms with Crippen LogP contribution < -0.4 is 5.32 Å². The van der Waals surface area contributed by atoms with Crippen LogP contribution in [0.4, 0.5) is 5.69 Å². The van der Waals surface area contributed by atoms with Gasteiger partial charge in [0, 0.05) is 11.2 Å². The molecule has 0 saturated heterocycles. The standard InChI is InChI=1S/C17H25N/c1-3-14-8-7-9-15-13(2)12-17(18-16(14)15)10-5-4-6-11-17/h7-9,13,18H,3-6,10-12H2,1-2H3. The van der Waals surface area contributed by atoms with E-state index in [1.165, 1.54) is 49.8 Å². The summed E-state index contributed by atoms with van der Waals surface area (Å²) in [6.07, 6.45) is 9.45. The molecule has 18 heavy (non-hydrogen) atoms. The van der Waals surface area contributed by atoms with Crippen LogP contribution in [-0.2, 0) is 6.42 Å². The third-order valence-electron chi connectivity index (χ3n) is 4.99. The van der Waals surface area contributed by atoms with Gasteiger partial charge in [-0.1, -0.05) is 51.3 Å². The Labute approximate surface area is 111 Å². The van der Waals surface area contributed by atoms with Crippen molar-refractivity contribution in [3.63, 3.8) is 0 Å². The normalized spacial score (nSPS) is 25.6. The minimum Gasteiger partial charge on any atom is -0.379 e. The number of fused-ring (bicyclic) bond motifs is 1. The second-order valence-corrected chi connectivity index (χ2v) is 6.31. The van der Waals surface area contributed by atoms with E-state index in [-0.39, 0.29) is 0 Å². The summed E-state index contributed by atoms with van der Waals surface area (Å²) in [5.41, 5.74) is 4.94. The van der Waals surface area contributed by atoms with E-state index in [0.717, 1.165) is 6.42 Å². The third kappa shape index (κ3) is 1.94. The first kappa shape index (κ1) is 12.1. The predicted molar refractivity (Wildman–Crippen MR) is 78.3 cm³/mol. The van der Waals surface area contributed by atoms with Crippen LogP contribution >= 0.6 is 0 Å². The monoisotopic (exact) mass is 243 g/mol. The first-order valence-electron chi connectivity index (χ1n) is 7.64. The Kier molecular flexibility index (Phi) is 3.09. The largest absolute Gasteiger partial charge is 0.379 e. The van der Waals surface area contributed by atoms with Gasteiger partial charge in [0.15, 0.2) is 0 Å². The number of nitrogens with one attached hydrogen (secondary N) is 1. The maximum absolute atomic E-state index is 3.96. The highest BCUT2D eigenvalue weighted by molar-refractivity contribution is 5.62. The van der Waals surface area contributed by atoms with E-state index in [4.69, 9.17) is 0 Å². The number of hydrogen-bond acceptors (Lipinski definition) is 1. The summed E-state index contributed by atoms with van der Waals surface area (Å²) >= 11 is 0. The molecule has 0 radical (unpaired) electrons. The van der Waals surface area contributed by atoms with Crippen LogP contribution in [0.2, 0.25) is 0 Å². The van der Waals surface area contributed by atoms with Gasteiger partial charge in [-0.3, -0.25) is 0 Å². The molecule has 1 aliphatic heterocycles. The number of para-hydroxylation sites is 1. The first-order chi connectivity index (χ1) is 8.74. The Morgan fingerprint density at radius 2 is 2.00 bits per heavy atom. The summed E-state index contributed by atoms with van der Waals surface area (Å²) in [5.74, 6) is 0.714. The summed E-state index contributed by atoms with van der Waals surface area (Å²) in [7, 11) is 0. The molecule has 1 heteroatoms. The zero-order chi connectivity index (χ0) is 12.6. The second kappa shape index (κ2) is 4.60. The van der Waals surface area contributed by atoms with Gasteiger partial charge in [0.25, 0.3) is 0 Å². The lowest BCUT2D eigenvalue weighted by molar-refractivity contribution is 0.281. The van der Waals surface area contributed by atoms with Crippen LogP contribution in [0, 0.1) is 0 Å². The Balaban J connectivity index is 1.99. The highest BCUT2D eigenvalue weighted by Crippen LogP contribution is 2.46. The van der Waals surface area contributed by atoms with Gasteiger partial charge in [0.05, 0.1) is 0 Å². The van der Waals surface area contributed by atoms with Gasteiger partial charge in [0.1, 0.15) is 0 Å². The van der Waals surface area contributed by atoms with E-state index < -0.39 is 0 Å². The topological polar surface area (TPSA) is 12.0 Å². The quantitative estimate of drug-likeness (QED) is 0.742. The Bertz CT molecular complexity index is 429. The van der Waals surface area contributed by atoms with Gasteiger partial charge in [-0.15, -0.1) is 0 Å². The summed E-state index contributed by atoms with van der Waals surface area (Å²) in [4.78, 5) is 0. The molecule has 1 fully saturated rings. The van der Waals surface area contributed by atoms with E-state index in [1.807, 2.05) is 0 Å². The molecule has 1 saturated carbocycles. The Morgan fingerprint density at radius 3 is 2.72 bits per heavy atom. The molecular formula is C17H25N. The maximum Gasteiger partial charge on any atom is 0.0412 e. The third-order valence-corrected chi connectivity index (χ3v) is 4.99. The lowest BCUT2D eigenvalue weighted by atomic mass is 9.71. The minimum absolute atomic E-state index is 0.413. The van der Waals surface area contributed by atoms with E-state index in [9.17, 15) is 0 Å². The molecule has 0 amide bonds. The van der Waals surface area contributed by atoms with Crippen LogP contribution in [0.25, 0.3) is 0 Å². The van der Waals surface area contributed by atoms with E-state index in [1.54, 1.807) is 5.56 Å². The summed E-state index contributed by atoms with van der Waals surface area (Å²) < 4.78 is 0. The van der Waals surface area contributed by atoms with Crippen molar-refractivity contribution in [2.75, 3.05) is 5.32 Å². The van der Waals surface area contributed by atoms with Crippen molar-refractivity contribution in [2.24, 2.45) is 0 Å². The average Bonchev–Trinajstić information content (AvgIpc) is 2.39. The van der Waals surface area contributed by atoms with Crippen LogP contribution in [0.3, 0.4) is 0 Å². The lowest BCUT2D eigenvalue weighted by Crippen LogP contribution is -2.44. The number of rotatable bonds is 1. The van der Waals surface area contributed by atoms with E-state index in [2.05, 4.69) is 37.4 Å². The van der Waals surface area contributed by atoms with Crippen molar-refractivity contribution in [3.05, 3.63) is 29.3 Å². The fourth-order valence-electron chi connectivity index (χ4n) is 4.05. The Morgan fingerprint density at radius 1 is 1.22 bits per heavy atom. The fourth-order valence-corrected chi connectivity index (χ4v) is 4.05. The molecule has 1 heterocycles. The fraction of sp³-hybridized carbons (Fsp3) is 0.647. The SMILES string of the molecule is CCc1cccc2c1NC1(CCCCC1)CC2C. The molecule has 0 bridgehead atoms. The van der Waals surface area contributed by atoms with Gasteiger partial charge in [-0.2, -0.15) is 0 Å². The highest BCUT2D eigenvalue weighted by atomic mass is 15.0. The zero-order valence-corrected chi connectivity index (χ0v) is 11.8. The van der Waals surface area contributed by atoms with E-state index >= 15 is 0 Å². The van der Waals surface area contributed by atoms with Crippen molar-refractivity contribution in [1.29, 1.82) is 0 Å². The van der Waals surface area contributed by atoms with Gasteiger partial charge < -0.3 is 5.32 Å². The molecule has 2 aliphatic rings. The van der Waals surface area contributed by atoms with Crippen molar-refractivity contribution < 1.29 is 0 Å². The molecule has 1 nitrogen and oxygen atoms in total. The van der Waals surface area contributed by atoms with Crippen molar-refractivity contribution in [1.82, 2.24) is 0 Å². The molecule has 1 aromatic rings. The number of anilines is 1. The predicted octanol–water partition coefficient (Wildman–Crippen LogP) is 4.87. The number of benzene rings is 1. The lowest BCUT2D eigenvalue weighted by Gasteiger charge is -2.46. The molecule has 3 rings (SSSR count). The zero-order valence-electron chi connectivity index (χ0n) is 11.8. The molecule has 1 spiro atoms. The van der Waals surface area contributed by atoms with Gasteiger partial charge in [-0.25, -0.2) is 0 Å². The van der Waals surface area contributed by atoms with Crippen LogP contribution in [0.15, 0.2) is 18.2 Å². The minimum atomic E-state index is 0.413. The maximum atomic E-state index is 3.96. The molecule has 98 valence electrons. The number of aryl methyl sites for hydroxylation is 1. The highest BCUT2D eigenvalue weighted by Gasteiger charge is 2.38. The molecule has 1 atom stereocenters. The smallest absolute Gasteiger partial charge is 0.0412 e. The Hall–Kier alpha value is -0.980. The van der Waals surface area contributed by atoms with Crippen LogP contribution in [-0.4, -0.2) is 5.54 Å². The average molecular weight is 243 g/mol. The number of hydrogen-bond donors (Lipinski definition) is 1. The van der Waals surface area contributed by atoms with Gasteiger partial charge >= 0.3 is 0 Å². The molecular weight excluding hydrogens is 218 g/mol. The molecule has 0 aromatic heterocycles. The van der Waals surface area contributed by atoms with Crippen molar-refractivity contribution in [3.8, 4) is 0 Å². The van der Waals surface area contributed by atoms with Crippen LogP contribution in [0.5, 0.6) is 0 Å². The summed E-state index contributed by atoms with van der Waals surface area (Å²) in [6.45, 7) is 4.68. The van der Waals surface area contributed by atoms with E-state index in [0.29, 0.717) is 11.5 Å². The summed E-state index contributed by atoms with van der Waals surface area (Å²) in [6, 6.07) is 6.84. The van der Waals surface area contributed by atoms with Crippen LogP contribution in [0.1, 0.15) is 69.4 Å². The van der Waals surface area contributed by atoms with Gasteiger partial charge in [0.2, 0.25) is 0 Å². The molecule has 1 unspecified atom stereocenters. The van der Waals surface area contributed by atoms with Crippen molar-refractivity contribution in [2.45, 2.75) is 70.3 Å². The summed E-state index contributed by atoms with van der Waals surface area (Å²) in [5, 5.41) is 3.96. The molecule has 1 aliphatic carbocycles. The molecule has 1 aromatic carbocycles. The first-order valence-corrected chi connectivity index (χ1v) is 7.64. The van der Waals surface area contributed by atoms with Gasteiger partial charge in [-0.05, 0) is 42.7 Å².